The van der Waals surface area contributed by atoms with Crippen LogP contribution in [0, 0.1) is 6.92 Å². The summed E-state index contributed by atoms with van der Waals surface area (Å²) in [4.78, 5) is 42.3. The van der Waals surface area contributed by atoms with Crippen LogP contribution in [-0.2, 0) is 9.59 Å². The summed E-state index contributed by atoms with van der Waals surface area (Å²) < 4.78 is 5.88. The van der Waals surface area contributed by atoms with E-state index in [0.717, 1.165) is 15.4 Å². The number of aryl methyl sites for hydroxylation is 1. The molecule has 4 amide bonds. The first-order chi connectivity index (χ1) is 17.3. The van der Waals surface area contributed by atoms with Crippen LogP contribution in [0.5, 0.6) is 0 Å². The number of hydrogen-bond acceptors (Lipinski definition) is 4. The summed E-state index contributed by atoms with van der Waals surface area (Å²) in [6, 6.07) is 22.9. The number of urea groups is 1. The number of para-hydroxylation sites is 1. The summed E-state index contributed by atoms with van der Waals surface area (Å²) in [6.07, 6.45) is 1.33. The lowest BCUT2D eigenvalue weighted by Crippen LogP contribution is -2.57. The van der Waals surface area contributed by atoms with Gasteiger partial charge in [-0.25, -0.2) is 14.6 Å². The second-order valence-corrected chi connectivity index (χ2v) is 8.96. The van der Waals surface area contributed by atoms with Crippen LogP contribution < -0.4 is 9.80 Å². The second kappa shape index (κ2) is 9.49. The first-order valence-electron chi connectivity index (χ1n) is 10.9. The first kappa shape index (κ1) is 23.6. The first-order valence-corrected chi connectivity index (χ1v) is 11.7. The fourth-order valence-electron chi connectivity index (χ4n) is 3.86. The highest BCUT2D eigenvalue weighted by Gasteiger charge is 2.43. The molecule has 6 nitrogen and oxygen atoms in total. The lowest BCUT2D eigenvalue weighted by atomic mass is 10.1. The molecule has 1 aliphatic rings. The van der Waals surface area contributed by atoms with Crippen molar-refractivity contribution in [3.05, 3.63) is 112 Å². The third-order valence-electron chi connectivity index (χ3n) is 5.67. The molecule has 0 spiro atoms. The topological polar surface area (TPSA) is 70.8 Å². The maximum absolute atomic E-state index is 13.5. The minimum Gasteiger partial charge on any atom is -0.457 e. The molecule has 1 aromatic heterocycles. The van der Waals surface area contributed by atoms with Crippen LogP contribution in [0.4, 0.5) is 16.2 Å². The average molecular weight is 517 g/mol. The zero-order chi connectivity index (χ0) is 25.4. The molecule has 1 aliphatic heterocycles. The standard InChI is InChI=1S/C28H18Cl2N2O4/c1-17-7-10-20(11-8-17)32-27(34)23(26(33)31(28(32)35)19-5-3-2-4-6-19)16-21-12-14-25(36-21)22-13-9-18(29)15-24(22)30/h2-16H,1H3/b23-16-. The summed E-state index contributed by atoms with van der Waals surface area (Å²) in [5.41, 5.74) is 2.04. The van der Waals surface area contributed by atoms with Gasteiger partial charge in [-0.3, -0.25) is 9.59 Å². The largest absolute Gasteiger partial charge is 0.457 e. The fourth-order valence-corrected chi connectivity index (χ4v) is 4.36. The quantitative estimate of drug-likeness (QED) is 0.213. The van der Waals surface area contributed by atoms with Crippen molar-refractivity contribution < 1.29 is 18.8 Å². The molecule has 36 heavy (non-hydrogen) atoms. The monoisotopic (exact) mass is 516 g/mol. The van der Waals surface area contributed by atoms with Crippen molar-refractivity contribution in [3.8, 4) is 11.3 Å². The Kier molecular flexibility index (Phi) is 6.22. The number of hydrogen-bond donors (Lipinski definition) is 0. The molecule has 8 heteroatoms. The summed E-state index contributed by atoms with van der Waals surface area (Å²) in [5, 5.41) is 0.880. The number of nitrogens with zero attached hydrogens (tertiary/aromatic N) is 2. The van der Waals surface area contributed by atoms with E-state index in [4.69, 9.17) is 27.6 Å². The van der Waals surface area contributed by atoms with Gasteiger partial charge in [0, 0.05) is 10.6 Å². The molecule has 0 aliphatic carbocycles. The maximum atomic E-state index is 13.5. The molecule has 178 valence electrons. The van der Waals surface area contributed by atoms with Crippen molar-refractivity contribution in [2.24, 2.45) is 0 Å². The SMILES string of the molecule is Cc1ccc(N2C(=O)/C(=C\c3ccc(-c4ccc(Cl)cc4Cl)o3)C(=O)N(c3ccccc3)C2=O)cc1. The maximum Gasteiger partial charge on any atom is 0.343 e. The van der Waals surface area contributed by atoms with Crippen molar-refractivity contribution >= 4 is 58.5 Å². The molecule has 0 atom stereocenters. The highest BCUT2D eigenvalue weighted by molar-refractivity contribution is 6.46. The molecular formula is C28H18Cl2N2O4. The smallest absolute Gasteiger partial charge is 0.343 e. The van der Waals surface area contributed by atoms with Gasteiger partial charge in [0.1, 0.15) is 17.1 Å². The zero-order valence-electron chi connectivity index (χ0n) is 18.9. The van der Waals surface area contributed by atoms with Crippen molar-refractivity contribution in [1.82, 2.24) is 0 Å². The van der Waals surface area contributed by atoms with Gasteiger partial charge in [0.2, 0.25) is 0 Å². The number of barbiturate groups is 1. The number of anilines is 2. The van der Waals surface area contributed by atoms with Crippen molar-refractivity contribution in [3.63, 3.8) is 0 Å². The van der Waals surface area contributed by atoms with Crippen molar-refractivity contribution in [2.75, 3.05) is 9.80 Å². The Bertz CT molecular complexity index is 1520. The van der Waals surface area contributed by atoms with Crippen molar-refractivity contribution in [2.45, 2.75) is 6.92 Å². The molecule has 0 bridgehead atoms. The van der Waals surface area contributed by atoms with E-state index < -0.39 is 17.8 Å². The van der Waals surface area contributed by atoms with Gasteiger partial charge in [0.05, 0.1) is 16.4 Å². The molecule has 3 aromatic carbocycles. The Labute approximate surface area is 217 Å². The number of amides is 4. The third kappa shape index (κ3) is 4.33. The Hall–Kier alpha value is -4.13. The molecule has 1 fully saturated rings. The van der Waals surface area contributed by atoms with Gasteiger partial charge in [-0.2, -0.15) is 0 Å². The Morgan fingerprint density at radius 2 is 1.39 bits per heavy atom. The summed E-state index contributed by atoms with van der Waals surface area (Å²) >= 11 is 12.3. The zero-order valence-corrected chi connectivity index (χ0v) is 20.5. The lowest BCUT2D eigenvalue weighted by molar-refractivity contribution is -0.121. The number of halogens is 2. The average Bonchev–Trinajstić information content (AvgIpc) is 3.32. The molecule has 0 radical (unpaired) electrons. The summed E-state index contributed by atoms with van der Waals surface area (Å²) in [6.45, 7) is 1.90. The number of imide groups is 2. The van der Waals surface area contributed by atoms with Crippen LogP contribution in [0.15, 0.2) is 94.9 Å². The highest BCUT2D eigenvalue weighted by atomic mass is 35.5. The van der Waals surface area contributed by atoms with E-state index in [2.05, 4.69) is 0 Å². The lowest BCUT2D eigenvalue weighted by Gasteiger charge is -2.33. The van der Waals surface area contributed by atoms with E-state index in [1.165, 1.54) is 6.08 Å². The van der Waals surface area contributed by atoms with Crippen LogP contribution in [0.2, 0.25) is 10.0 Å². The van der Waals surface area contributed by atoms with Crippen molar-refractivity contribution in [1.29, 1.82) is 0 Å². The second-order valence-electron chi connectivity index (χ2n) is 8.12. The number of rotatable bonds is 4. The predicted molar refractivity (Wildman–Crippen MR) is 140 cm³/mol. The van der Waals surface area contributed by atoms with Gasteiger partial charge < -0.3 is 4.42 Å². The Balaban J connectivity index is 1.59. The van der Waals surface area contributed by atoms with Crippen LogP contribution in [-0.4, -0.2) is 17.8 Å². The van der Waals surface area contributed by atoms with Gasteiger partial charge in [0.15, 0.2) is 0 Å². The number of furan rings is 1. The van der Waals surface area contributed by atoms with E-state index in [-0.39, 0.29) is 11.3 Å². The summed E-state index contributed by atoms with van der Waals surface area (Å²) in [7, 11) is 0. The number of benzene rings is 3. The van der Waals surface area contributed by atoms with Gasteiger partial charge in [-0.15, -0.1) is 0 Å². The molecule has 0 saturated carbocycles. The minimum atomic E-state index is -0.759. The molecular weight excluding hydrogens is 499 g/mol. The Morgan fingerprint density at radius 3 is 2.03 bits per heavy atom. The Morgan fingerprint density at radius 1 is 0.750 bits per heavy atom. The van der Waals surface area contributed by atoms with E-state index >= 15 is 0 Å². The molecule has 0 unspecified atom stereocenters. The predicted octanol–water partition coefficient (Wildman–Crippen LogP) is 7.15. The van der Waals surface area contributed by atoms with Gasteiger partial charge >= 0.3 is 6.03 Å². The molecule has 1 saturated heterocycles. The normalized spacial score (nSPS) is 15.2. The van der Waals surface area contributed by atoms with Gasteiger partial charge in [0.25, 0.3) is 11.8 Å². The number of carbonyl (C=O) groups excluding carboxylic acids is 3. The van der Waals surface area contributed by atoms with Crippen LogP contribution in [0.25, 0.3) is 17.4 Å². The summed E-state index contributed by atoms with van der Waals surface area (Å²) in [5.74, 6) is -0.810. The van der Waals surface area contributed by atoms with E-state index in [0.29, 0.717) is 32.7 Å². The third-order valence-corrected chi connectivity index (χ3v) is 6.21. The van der Waals surface area contributed by atoms with E-state index in [9.17, 15) is 14.4 Å². The fraction of sp³-hybridized carbons (Fsp3) is 0.0357. The van der Waals surface area contributed by atoms with Crippen LogP contribution in [0.3, 0.4) is 0 Å². The molecule has 2 heterocycles. The van der Waals surface area contributed by atoms with E-state index in [1.54, 1.807) is 84.9 Å². The molecule has 5 rings (SSSR count). The van der Waals surface area contributed by atoms with Crippen LogP contribution in [0.1, 0.15) is 11.3 Å². The van der Waals surface area contributed by atoms with Gasteiger partial charge in [-0.1, -0.05) is 59.1 Å². The number of carbonyl (C=O) groups is 3. The van der Waals surface area contributed by atoms with E-state index in [1.807, 2.05) is 6.92 Å². The minimum absolute atomic E-state index is 0.220. The highest BCUT2D eigenvalue weighted by Crippen LogP contribution is 2.33. The molecule has 0 N–H and O–H groups in total. The molecule has 4 aromatic rings. The van der Waals surface area contributed by atoms with Crippen LogP contribution >= 0.6 is 23.2 Å². The van der Waals surface area contributed by atoms with Gasteiger partial charge in [-0.05, 0) is 67.6 Å².